The van der Waals surface area contributed by atoms with E-state index >= 15 is 0 Å². The molecule has 0 saturated heterocycles. The van der Waals surface area contributed by atoms with Crippen LogP contribution in [-0.2, 0) is 0 Å². The second-order valence-corrected chi connectivity index (χ2v) is 4.99. The molecule has 7 heteroatoms. The van der Waals surface area contributed by atoms with Crippen molar-refractivity contribution in [1.29, 1.82) is 0 Å². The van der Waals surface area contributed by atoms with E-state index in [0.29, 0.717) is 17.5 Å². The highest BCUT2D eigenvalue weighted by atomic mass is 16.5. The molecule has 23 heavy (non-hydrogen) atoms. The predicted octanol–water partition coefficient (Wildman–Crippen LogP) is 3.23. The van der Waals surface area contributed by atoms with Gasteiger partial charge < -0.3 is 20.1 Å². The van der Waals surface area contributed by atoms with E-state index < -0.39 is 0 Å². The highest BCUT2D eigenvalue weighted by Gasteiger charge is 2.07. The van der Waals surface area contributed by atoms with Crippen molar-refractivity contribution in [3.63, 3.8) is 0 Å². The van der Waals surface area contributed by atoms with Crippen molar-refractivity contribution in [3.8, 4) is 11.5 Å². The fourth-order valence-corrected chi connectivity index (χ4v) is 2.06. The zero-order valence-corrected chi connectivity index (χ0v) is 13.8. The summed E-state index contributed by atoms with van der Waals surface area (Å²) in [6, 6.07) is 5.48. The molecule has 0 amide bonds. The summed E-state index contributed by atoms with van der Waals surface area (Å²) in [6.07, 6.45) is 5.10. The molecule has 2 N–H and O–H groups in total. The largest absolute Gasteiger partial charge is 0.497 e. The molecule has 0 spiro atoms. The highest BCUT2D eigenvalue weighted by Crippen LogP contribution is 2.30. The van der Waals surface area contributed by atoms with E-state index in [1.54, 1.807) is 26.5 Å². The molecule has 1 heterocycles. The third kappa shape index (κ3) is 4.98. The van der Waals surface area contributed by atoms with Crippen LogP contribution in [0, 0.1) is 0 Å². The number of nitrogens with zero attached hydrogens (tertiary/aromatic N) is 3. The maximum absolute atomic E-state index is 5.35. The summed E-state index contributed by atoms with van der Waals surface area (Å²) in [6.45, 7) is 3.05. The molecule has 0 aliphatic carbocycles. The van der Waals surface area contributed by atoms with Gasteiger partial charge in [0.2, 0.25) is 5.95 Å². The minimum atomic E-state index is 0.411. The lowest BCUT2D eigenvalue weighted by Crippen LogP contribution is -2.07. The number of ether oxygens (including phenoxy) is 2. The number of nitrogens with one attached hydrogen (secondary N) is 2. The maximum atomic E-state index is 5.35. The SMILES string of the molecule is CCCCCNc1cnnc(Nc2ccc(OC)cc2OC)n1. The maximum Gasteiger partial charge on any atom is 0.249 e. The molecule has 124 valence electrons. The topological polar surface area (TPSA) is 81.2 Å². The summed E-state index contributed by atoms with van der Waals surface area (Å²) in [7, 11) is 3.22. The number of unbranched alkanes of at least 4 members (excludes halogenated alkanes) is 2. The number of benzene rings is 1. The van der Waals surface area contributed by atoms with E-state index in [1.165, 1.54) is 12.8 Å². The lowest BCUT2D eigenvalue weighted by atomic mass is 10.2. The van der Waals surface area contributed by atoms with Crippen molar-refractivity contribution in [2.75, 3.05) is 31.4 Å². The Morgan fingerprint density at radius 2 is 2.00 bits per heavy atom. The Kier molecular flexibility index (Phi) is 6.40. The molecule has 0 fully saturated rings. The van der Waals surface area contributed by atoms with E-state index in [9.17, 15) is 0 Å². The first kappa shape index (κ1) is 16.8. The van der Waals surface area contributed by atoms with E-state index in [-0.39, 0.29) is 0 Å². The first-order valence-corrected chi connectivity index (χ1v) is 7.69. The normalized spacial score (nSPS) is 10.2. The minimum absolute atomic E-state index is 0.411. The third-order valence-corrected chi connectivity index (χ3v) is 3.30. The number of hydrogen-bond donors (Lipinski definition) is 2. The van der Waals surface area contributed by atoms with Gasteiger partial charge in [0.05, 0.1) is 26.1 Å². The van der Waals surface area contributed by atoms with Crippen molar-refractivity contribution in [3.05, 3.63) is 24.4 Å². The Morgan fingerprint density at radius 1 is 1.13 bits per heavy atom. The summed E-state index contributed by atoms with van der Waals surface area (Å²) in [5, 5.41) is 14.3. The van der Waals surface area contributed by atoms with Gasteiger partial charge >= 0.3 is 0 Å². The first-order valence-electron chi connectivity index (χ1n) is 7.69. The number of methoxy groups -OCH3 is 2. The summed E-state index contributed by atoms with van der Waals surface area (Å²) >= 11 is 0. The van der Waals surface area contributed by atoms with Gasteiger partial charge in [0.25, 0.3) is 0 Å². The van der Waals surface area contributed by atoms with Crippen LogP contribution in [0.1, 0.15) is 26.2 Å². The van der Waals surface area contributed by atoms with Crippen LogP contribution in [0.3, 0.4) is 0 Å². The van der Waals surface area contributed by atoms with Gasteiger partial charge in [-0.25, -0.2) is 0 Å². The Balaban J connectivity index is 2.05. The fourth-order valence-electron chi connectivity index (χ4n) is 2.06. The molecule has 0 saturated carbocycles. The molecule has 1 aromatic carbocycles. The van der Waals surface area contributed by atoms with Gasteiger partial charge in [-0.2, -0.15) is 10.1 Å². The molecule has 0 radical (unpaired) electrons. The first-order chi connectivity index (χ1) is 11.3. The summed E-state index contributed by atoms with van der Waals surface area (Å²) in [5.41, 5.74) is 0.748. The summed E-state index contributed by atoms with van der Waals surface area (Å²) in [4.78, 5) is 4.40. The zero-order chi connectivity index (χ0) is 16.5. The third-order valence-electron chi connectivity index (χ3n) is 3.30. The number of aromatic nitrogens is 3. The average Bonchev–Trinajstić information content (AvgIpc) is 2.59. The van der Waals surface area contributed by atoms with Crippen LogP contribution in [0.5, 0.6) is 11.5 Å². The molecule has 0 atom stereocenters. The Morgan fingerprint density at radius 3 is 2.74 bits per heavy atom. The second kappa shape index (κ2) is 8.77. The number of anilines is 3. The Bertz CT molecular complexity index is 621. The number of rotatable bonds is 9. The summed E-state index contributed by atoms with van der Waals surface area (Å²) < 4.78 is 10.5. The van der Waals surface area contributed by atoms with Crippen molar-refractivity contribution in [2.24, 2.45) is 0 Å². The molecule has 2 rings (SSSR count). The van der Waals surface area contributed by atoms with Crippen LogP contribution < -0.4 is 20.1 Å². The van der Waals surface area contributed by atoms with Gasteiger partial charge in [0, 0.05) is 12.6 Å². The molecular formula is C16H23N5O2. The molecule has 0 unspecified atom stereocenters. The average molecular weight is 317 g/mol. The zero-order valence-electron chi connectivity index (χ0n) is 13.8. The van der Waals surface area contributed by atoms with Crippen molar-refractivity contribution in [1.82, 2.24) is 15.2 Å². The van der Waals surface area contributed by atoms with Crippen LogP contribution in [0.2, 0.25) is 0 Å². The quantitative estimate of drug-likeness (QED) is 0.687. The van der Waals surface area contributed by atoms with Crippen molar-refractivity contribution in [2.45, 2.75) is 26.2 Å². The highest BCUT2D eigenvalue weighted by molar-refractivity contribution is 5.64. The van der Waals surface area contributed by atoms with Gasteiger partial charge in [-0.05, 0) is 18.6 Å². The molecule has 2 aromatic rings. The smallest absolute Gasteiger partial charge is 0.249 e. The van der Waals surface area contributed by atoms with Crippen LogP contribution in [0.15, 0.2) is 24.4 Å². The number of hydrogen-bond acceptors (Lipinski definition) is 7. The van der Waals surface area contributed by atoms with Crippen LogP contribution in [-0.4, -0.2) is 35.9 Å². The minimum Gasteiger partial charge on any atom is -0.497 e. The van der Waals surface area contributed by atoms with E-state index in [2.05, 4.69) is 32.7 Å². The van der Waals surface area contributed by atoms with Crippen LogP contribution in [0.4, 0.5) is 17.5 Å². The van der Waals surface area contributed by atoms with Gasteiger partial charge in [0.1, 0.15) is 11.5 Å². The molecule has 0 bridgehead atoms. The van der Waals surface area contributed by atoms with Gasteiger partial charge in [-0.15, -0.1) is 5.10 Å². The lowest BCUT2D eigenvalue weighted by molar-refractivity contribution is 0.395. The van der Waals surface area contributed by atoms with Gasteiger partial charge in [-0.1, -0.05) is 19.8 Å². The van der Waals surface area contributed by atoms with E-state index in [4.69, 9.17) is 9.47 Å². The fraction of sp³-hybridized carbons (Fsp3) is 0.438. The van der Waals surface area contributed by atoms with Crippen molar-refractivity contribution >= 4 is 17.5 Å². The lowest BCUT2D eigenvalue weighted by Gasteiger charge is -2.11. The van der Waals surface area contributed by atoms with Gasteiger partial charge in [0.15, 0.2) is 5.82 Å². The predicted molar refractivity (Wildman–Crippen MR) is 90.7 cm³/mol. The van der Waals surface area contributed by atoms with E-state index in [0.717, 1.165) is 24.4 Å². The van der Waals surface area contributed by atoms with Crippen LogP contribution >= 0.6 is 0 Å². The molecule has 0 aliphatic rings. The second-order valence-electron chi connectivity index (χ2n) is 4.99. The molecule has 0 aliphatic heterocycles. The molecule has 7 nitrogen and oxygen atoms in total. The van der Waals surface area contributed by atoms with Crippen molar-refractivity contribution < 1.29 is 9.47 Å². The van der Waals surface area contributed by atoms with E-state index in [1.807, 2.05) is 12.1 Å². The standard InChI is InChI=1S/C16H23N5O2/c1-4-5-6-9-17-15-11-18-21-16(20-15)19-13-8-7-12(22-2)10-14(13)23-3/h7-8,10-11H,4-6,9H2,1-3H3,(H2,17,19,20,21). The molecule has 1 aromatic heterocycles. The summed E-state index contributed by atoms with van der Waals surface area (Å²) in [5.74, 6) is 2.48. The molecular weight excluding hydrogens is 294 g/mol. The monoisotopic (exact) mass is 317 g/mol. The van der Waals surface area contributed by atoms with Crippen LogP contribution in [0.25, 0.3) is 0 Å². The van der Waals surface area contributed by atoms with Gasteiger partial charge in [-0.3, -0.25) is 0 Å². The Labute approximate surface area is 136 Å². The Hall–Kier alpha value is -2.57.